The standard InChI is InChI=1S/C16H18N4O2/c1-16(2,3)22-15(21)20-8-4-5-13(20)14-11-9-10(17)6-7-12(11)18-19-14/h4-9H,17H2,1-3H3,(H,18,19). The minimum Gasteiger partial charge on any atom is -0.443 e. The summed E-state index contributed by atoms with van der Waals surface area (Å²) in [5.74, 6) is 0. The number of carbonyl (C=O) groups excluding carboxylic acids is 1. The molecule has 0 unspecified atom stereocenters. The van der Waals surface area contributed by atoms with Crippen LogP contribution >= 0.6 is 0 Å². The van der Waals surface area contributed by atoms with Crippen LogP contribution in [-0.4, -0.2) is 26.5 Å². The molecular formula is C16H18N4O2. The predicted molar refractivity (Wildman–Crippen MR) is 85.6 cm³/mol. The Balaban J connectivity index is 2.07. The Labute approximate surface area is 127 Å². The highest BCUT2D eigenvalue weighted by Gasteiger charge is 2.21. The number of benzene rings is 1. The van der Waals surface area contributed by atoms with Crippen molar-refractivity contribution in [2.45, 2.75) is 26.4 Å². The van der Waals surface area contributed by atoms with Crippen molar-refractivity contribution in [1.29, 1.82) is 0 Å². The second-order valence-electron chi connectivity index (χ2n) is 6.12. The highest BCUT2D eigenvalue weighted by molar-refractivity contribution is 5.95. The smallest absolute Gasteiger partial charge is 0.419 e. The first-order valence-corrected chi connectivity index (χ1v) is 7.00. The van der Waals surface area contributed by atoms with Crippen molar-refractivity contribution in [2.75, 3.05) is 5.73 Å². The lowest BCUT2D eigenvalue weighted by Gasteiger charge is -2.20. The quantitative estimate of drug-likeness (QED) is 0.674. The van der Waals surface area contributed by atoms with Gasteiger partial charge in [-0.15, -0.1) is 0 Å². The number of nitrogens with zero attached hydrogens (tertiary/aromatic N) is 2. The van der Waals surface area contributed by atoms with E-state index in [1.54, 1.807) is 18.3 Å². The lowest BCUT2D eigenvalue weighted by atomic mass is 10.1. The minimum atomic E-state index is -0.559. The number of ether oxygens (including phenoxy) is 1. The van der Waals surface area contributed by atoms with Crippen LogP contribution in [0.4, 0.5) is 10.5 Å². The molecule has 2 heterocycles. The molecule has 0 saturated carbocycles. The van der Waals surface area contributed by atoms with Gasteiger partial charge in [-0.2, -0.15) is 5.10 Å². The number of H-pyrrole nitrogens is 1. The SMILES string of the molecule is CC(C)(C)OC(=O)n1cccc1-c1n[nH]c2ccc(N)cc12. The maximum Gasteiger partial charge on any atom is 0.419 e. The van der Waals surface area contributed by atoms with Crippen LogP contribution in [-0.2, 0) is 4.74 Å². The average molecular weight is 298 g/mol. The van der Waals surface area contributed by atoms with Crippen molar-refractivity contribution in [3.63, 3.8) is 0 Å². The summed E-state index contributed by atoms with van der Waals surface area (Å²) in [5.41, 5.74) is 8.12. The number of carbonyl (C=O) groups is 1. The third kappa shape index (κ3) is 2.55. The van der Waals surface area contributed by atoms with Crippen molar-refractivity contribution >= 4 is 22.7 Å². The minimum absolute atomic E-state index is 0.437. The van der Waals surface area contributed by atoms with Gasteiger partial charge in [-0.1, -0.05) is 0 Å². The van der Waals surface area contributed by atoms with Gasteiger partial charge in [0.05, 0.1) is 11.2 Å². The average Bonchev–Trinajstić information content (AvgIpc) is 3.01. The molecule has 0 fully saturated rings. The molecule has 1 aromatic carbocycles. The van der Waals surface area contributed by atoms with Gasteiger partial charge in [0.15, 0.2) is 0 Å². The summed E-state index contributed by atoms with van der Waals surface area (Å²) >= 11 is 0. The van der Waals surface area contributed by atoms with Crippen LogP contribution in [0.5, 0.6) is 0 Å². The van der Waals surface area contributed by atoms with Gasteiger partial charge in [-0.25, -0.2) is 4.79 Å². The summed E-state index contributed by atoms with van der Waals surface area (Å²) in [5, 5.41) is 8.12. The third-order valence-corrected chi connectivity index (χ3v) is 3.17. The fourth-order valence-corrected chi connectivity index (χ4v) is 2.27. The number of nitrogens with one attached hydrogen (secondary N) is 1. The van der Waals surface area contributed by atoms with Gasteiger partial charge in [0.2, 0.25) is 0 Å². The fraction of sp³-hybridized carbons (Fsp3) is 0.250. The molecule has 0 radical (unpaired) electrons. The molecule has 6 heteroatoms. The van der Waals surface area contributed by atoms with Gasteiger partial charge in [0, 0.05) is 17.3 Å². The van der Waals surface area contributed by atoms with Crippen LogP contribution in [0.25, 0.3) is 22.3 Å². The van der Waals surface area contributed by atoms with Crippen LogP contribution in [0, 0.1) is 0 Å². The molecule has 0 aliphatic carbocycles. The number of aromatic amines is 1. The van der Waals surface area contributed by atoms with Crippen LogP contribution in [0.1, 0.15) is 20.8 Å². The largest absolute Gasteiger partial charge is 0.443 e. The van der Waals surface area contributed by atoms with Crippen molar-refractivity contribution in [3.8, 4) is 11.4 Å². The Hall–Kier alpha value is -2.76. The summed E-state index contributed by atoms with van der Waals surface area (Å²) in [6.07, 6.45) is 1.23. The van der Waals surface area contributed by atoms with Crippen LogP contribution < -0.4 is 5.73 Å². The van der Waals surface area contributed by atoms with E-state index in [0.29, 0.717) is 17.1 Å². The Morgan fingerprint density at radius 3 is 2.82 bits per heavy atom. The van der Waals surface area contributed by atoms with E-state index in [-0.39, 0.29) is 0 Å². The zero-order chi connectivity index (χ0) is 15.9. The molecule has 3 rings (SSSR count). The summed E-state index contributed by atoms with van der Waals surface area (Å²) in [4.78, 5) is 12.3. The molecule has 3 N–H and O–H groups in total. The number of hydrogen-bond donors (Lipinski definition) is 2. The lowest BCUT2D eigenvalue weighted by molar-refractivity contribution is 0.0540. The summed E-state index contributed by atoms with van der Waals surface area (Å²) in [6, 6.07) is 9.11. The van der Waals surface area contributed by atoms with Crippen molar-refractivity contribution in [1.82, 2.24) is 14.8 Å². The molecule has 0 spiro atoms. The van der Waals surface area contributed by atoms with E-state index in [1.165, 1.54) is 4.57 Å². The monoisotopic (exact) mass is 298 g/mol. The number of aromatic nitrogens is 3. The van der Waals surface area contributed by atoms with Gasteiger partial charge in [0.1, 0.15) is 11.3 Å². The highest BCUT2D eigenvalue weighted by Crippen LogP contribution is 2.28. The second-order valence-corrected chi connectivity index (χ2v) is 6.12. The number of nitrogens with two attached hydrogens (primary N) is 1. The van der Waals surface area contributed by atoms with Gasteiger partial charge >= 0.3 is 6.09 Å². The maximum atomic E-state index is 12.3. The molecule has 0 amide bonds. The molecule has 0 atom stereocenters. The van der Waals surface area contributed by atoms with Gasteiger partial charge in [0.25, 0.3) is 0 Å². The van der Waals surface area contributed by atoms with E-state index in [2.05, 4.69) is 10.2 Å². The van der Waals surface area contributed by atoms with Gasteiger partial charge in [-0.05, 0) is 51.1 Å². The van der Waals surface area contributed by atoms with Crippen molar-refractivity contribution in [2.24, 2.45) is 0 Å². The molecule has 0 aliphatic rings. The van der Waals surface area contributed by atoms with Crippen molar-refractivity contribution in [3.05, 3.63) is 36.5 Å². The number of rotatable bonds is 1. The molecule has 3 aromatic rings. The first-order chi connectivity index (χ1) is 10.3. The first kappa shape index (κ1) is 14.2. The lowest BCUT2D eigenvalue weighted by Crippen LogP contribution is -2.27. The van der Waals surface area contributed by atoms with E-state index >= 15 is 0 Å². The molecule has 0 bridgehead atoms. The number of anilines is 1. The molecule has 114 valence electrons. The van der Waals surface area contributed by atoms with E-state index < -0.39 is 11.7 Å². The number of nitrogen functional groups attached to an aromatic ring is 1. The zero-order valence-electron chi connectivity index (χ0n) is 12.8. The van der Waals surface area contributed by atoms with E-state index in [4.69, 9.17) is 10.5 Å². The number of hydrogen-bond acceptors (Lipinski definition) is 4. The topological polar surface area (TPSA) is 85.9 Å². The Morgan fingerprint density at radius 1 is 1.32 bits per heavy atom. The van der Waals surface area contributed by atoms with Crippen LogP contribution in [0.15, 0.2) is 36.5 Å². The van der Waals surface area contributed by atoms with E-state index in [9.17, 15) is 4.79 Å². The fourth-order valence-electron chi connectivity index (χ4n) is 2.27. The molecule has 6 nitrogen and oxygen atoms in total. The zero-order valence-corrected chi connectivity index (χ0v) is 12.8. The Bertz CT molecular complexity index is 839. The Kier molecular flexibility index (Phi) is 3.16. The maximum absolute atomic E-state index is 12.3. The molecule has 2 aromatic heterocycles. The summed E-state index contributed by atoms with van der Waals surface area (Å²) in [7, 11) is 0. The first-order valence-electron chi connectivity index (χ1n) is 7.00. The summed E-state index contributed by atoms with van der Waals surface area (Å²) < 4.78 is 6.87. The molecular weight excluding hydrogens is 280 g/mol. The molecule has 0 saturated heterocycles. The predicted octanol–water partition coefficient (Wildman–Crippen LogP) is 3.40. The molecule has 22 heavy (non-hydrogen) atoms. The normalized spacial score (nSPS) is 11.8. The Morgan fingerprint density at radius 2 is 2.09 bits per heavy atom. The van der Waals surface area contributed by atoms with E-state index in [0.717, 1.165) is 10.9 Å². The van der Waals surface area contributed by atoms with E-state index in [1.807, 2.05) is 39.0 Å². The van der Waals surface area contributed by atoms with Crippen LogP contribution in [0.2, 0.25) is 0 Å². The van der Waals surface area contributed by atoms with Crippen LogP contribution in [0.3, 0.4) is 0 Å². The van der Waals surface area contributed by atoms with Crippen molar-refractivity contribution < 1.29 is 9.53 Å². The van der Waals surface area contributed by atoms with Gasteiger partial charge < -0.3 is 10.5 Å². The third-order valence-electron chi connectivity index (χ3n) is 3.17. The number of fused-ring (bicyclic) bond motifs is 1. The highest BCUT2D eigenvalue weighted by atomic mass is 16.6. The second kappa shape index (κ2) is 4.91. The molecule has 0 aliphatic heterocycles. The van der Waals surface area contributed by atoms with Gasteiger partial charge in [-0.3, -0.25) is 9.67 Å². The summed E-state index contributed by atoms with van der Waals surface area (Å²) in [6.45, 7) is 5.50.